The van der Waals surface area contributed by atoms with Gasteiger partial charge in [0.1, 0.15) is 0 Å². The van der Waals surface area contributed by atoms with Gasteiger partial charge in [-0.15, -0.1) is 0 Å². The second-order valence-corrected chi connectivity index (χ2v) is 4.74. The van der Waals surface area contributed by atoms with Crippen LogP contribution < -0.4 is 5.32 Å². The summed E-state index contributed by atoms with van der Waals surface area (Å²) in [6, 6.07) is 0. The summed E-state index contributed by atoms with van der Waals surface area (Å²) >= 11 is 0. The topological polar surface area (TPSA) is 21.3 Å². The number of hydrogen-bond acceptors (Lipinski definition) is 2. The molecule has 0 saturated heterocycles. The molecule has 0 unspecified atom stereocenters. The van der Waals surface area contributed by atoms with Crippen LogP contribution in [0.1, 0.15) is 51.4 Å². The lowest BCUT2D eigenvalue weighted by molar-refractivity contribution is 0.192. The zero-order chi connectivity index (χ0) is 10.8. The third-order valence-electron chi connectivity index (χ3n) is 3.41. The van der Waals surface area contributed by atoms with E-state index < -0.39 is 0 Å². The summed E-state index contributed by atoms with van der Waals surface area (Å²) in [4.78, 5) is 0. The molecule has 0 aromatic rings. The van der Waals surface area contributed by atoms with E-state index in [0.717, 1.165) is 19.1 Å². The van der Waals surface area contributed by atoms with Crippen LogP contribution in [0.4, 0.5) is 0 Å². The molecule has 0 spiro atoms. The van der Waals surface area contributed by atoms with Crippen LogP contribution in [0.25, 0.3) is 0 Å². The van der Waals surface area contributed by atoms with Gasteiger partial charge in [-0.3, -0.25) is 0 Å². The summed E-state index contributed by atoms with van der Waals surface area (Å²) in [6.45, 7) is 3.29. The van der Waals surface area contributed by atoms with Crippen molar-refractivity contribution < 1.29 is 4.74 Å². The summed E-state index contributed by atoms with van der Waals surface area (Å²) in [5.41, 5.74) is 0. The minimum Gasteiger partial charge on any atom is -0.385 e. The van der Waals surface area contributed by atoms with Gasteiger partial charge in [-0.05, 0) is 38.3 Å². The van der Waals surface area contributed by atoms with Gasteiger partial charge >= 0.3 is 0 Å². The Labute approximate surface area is 94.8 Å². The highest BCUT2D eigenvalue weighted by atomic mass is 16.5. The van der Waals surface area contributed by atoms with Gasteiger partial charge in [0, 0.05) is 13.7 Å². The first-order valence-electron chi connectivity index (χ1n) is 6.63. The van der Waals surface area contributed by atoms with E-state index in [9.17, 15) is 0 Å². The molecule has 90 valence electrons. The smallest absolute Gasteiger partial charge is 0.0462 e. The largest absolute Gasteiger partial charge is 0.385 e. The van der Waals surface area contributed by atoms with Crippen LogP contribution in [-0.4, -0.2) is 26.8 Å². The van der Waals surface area contributed by atoms with Crippen molar-refractivity contribution in [3.63, 3.8) is 0 Å². The Hall–Kier alpha value is -0.0800. The van der Waals surface area contributed by atoms with Gasteiger partial charge in [-0.1, -0.05) is 32.1 Å². The van der Waals surface area contributed by atoms with E-state index in [2.05, 4.69) is 5.32 Å². The van der Waals surface area contributed by atoms with Crippen molar-refractivity contribution in [2.75, 3.05) is 26.8 Å². The van der Waals surface area contributed by atoms with E-state index in [-0.39, 0.29) is 0 Å². The first-order valence-corrected chi connectivity index (χ1v) is 6.63. The number of hydrogen-bond donors (Lipinski definition) is 1. The summed E-state index contributed by atoms with van der Waals surface area (Å²) in [5, 5.41) is 3.54. The molecule has 0 aromatic heterocycles. The minimum absolute atomic E-state index is 0.907. The first-order chi connectivity index (χ1) is 7.43. The molecular formula is C13H27NO. The standard InChI is InChI=1S/C13H27NO/c1-15-12-6-5-10-14-11-9-13-7-3-2-4-8-13/h13-14H,2-12H2,1H3. The molecule has 1 fully saturated rings. The normalized spacial score (nSPS) is 18.2. The number of unbranched alkanes of at least 4 members (excludes halogenated alkanes) is 1. The van der Waals surface area contributed by atoms with Gasteiger partial charge in [0.15, 0.2) is 0 Å². The Morgan fingerprint density at radius 1 is 1.07 bits per heavy atom. The van der Waals surface area contributed by atoms with Gasteiger partial charge < -0.3 is 10.1 Å². The molecule has 0 atom stereocenters. The summed E-state index contributed by atoms with van der Waals surface area (Å²) in [7, 11) is 1.77. The molecule has 1 N–H and O–H groups in total. The third-order valence-corrected chi connectivity index (χ3v) is 3.41. The van der Waals surface area contributed by atoms with Crippen molar-refractivity contribution in [1.29, 1.82) is 0 Å². The van der Waals surface area contributed by atoms with Gasteiger partial charge in [-0.25, -0.2) is 0 Å². The molecule has 0 amide bonds. The SMILES string of the molecule is COCCCCNCCC1CCCCC1. The van der Waals surface area contributed by atoms with Gasteiger partial charge in [0.2, 0.25) is 0 Å². The predicted molar refractivity (Wildman–Crippen MR) is 65.2 cm³/mol. The second kappa shape index (κ2) is 9.17. The number of rotatable bonds is 8. The molecule has 1 aliphatic carbocycles. The lowest BCUT2D eigenvalue weighted by Gasteiger charge is -2.21. The highest BCUT2D eigenvalue weighted by Gasteiger charge is 2.12. The fourth-order valence-corrected chi connectivity index (χ4v) is 2.40. The lowest BCUT2D eigenvalue weighted by Crippen LogP contribution is -2.20. The molecule has 1 rings (SSSR count). The minimum atomic E-state index is 0.907. The molecule has 2 heteroatoms. The molecule has 15 heavy (non-hydrogen) atoms. The van der Waals surface area contributed by atoms with Gasteiger partial charge in [-0.2, -0.15) is 0 Å². The fourth-order valence-electron chi connectivity index (χ4n) is 2.40. The van der Waals surface area contributed by atoms with Crippen molar-refractivity contribution in [2.24, 2.45) is 5.92 Å². The van der Waals surface area contributed by atoms with E-state index in [0.29, 0.717) is 0 Å². The Balaban J connectivity index is 1.79. The molecule has 0 aliphatic heterocycles. The zero-order valence-electron chi connectivity index (χ0n) is 10.3. The zero-order valence-corrected chi connectivity index (χ0v) is 10.3. The maximum absolute atomic E-state index is 5.02. The van der Waals surface area contributed by atoms with E-state index in [1.54, 1.807) is 7.11 Å². The van der Waals surface area contributed by atoms with Crippen molar-refractivity contribution >= 4 is 0 Å². The maximum atomic E-state index is 5.02. The number of nitrogens with one attached hydrogen (secondary N) is 1. The van der Waals surface area contributed by atoms with Crippen LogP contribution in [0.2, 0.25) is 0 Å². The van der Waals surface area contributed by atoms with Crippen LogP contribution in [0.5, 0.6) is 0 Å². The van der Waals surface area contributed by atoms with Crippen LogP contribution in [-0.2, 0) is 4.74 Å². The monoisotopic (exact) mass is 213 g/mol. The van der Waals surface area contributed by atoms with E-state index in [4.69, 9.17) is 4.74 Å². The van der Waals surface area contributed by atoms with E-state index in [1.165, 1.54) is 57.9 Å². The highest BCUT2D eigenvalue weighted by molar-refractivity contribution is 4.66. The van der Waals surface area contributed by atoms with E-state index in [1.807, 2.05) is 0 Å². The number of methoxy groups -OCH3 is 1. The third kappa shape index (κ3) is 6.91. The molecule has 1 saturated carbocycles. The van der Waals surface area contributed by atoms with Gasteiger partial charge in [0.05, 0.1) is 0 Å². The maximum Gasteiger partial charge on any atom is 0.0462 e. The average Bonchev–Trinajstić information content (AvgIpc) is 2.29. The summed E-state index contributed by atoms with van der Waals surface area (Å²) < 4.78 is 5.02. The molecular weight excluding hydrogens is 186 g/mol. The molecule has 0 heterocycles. The molecule has 0 bridgehead atoms. The van der Waals surface area contributed by atoms with Crippen molar-refractivity contribution in [1.82, 2.24) is 5.32 Å². The van der Waals surface area contributed by atoms with Gasteiger partial charge in [0.25, 0.3) is 0 Å². The fraction of sp³-hybridized carbons (Fsp3) is 1.00. The van der Waals surface area contributed by atoms with Crippen LogP contribution in [0.3, 0.4) is 0 Å². The highest BCUT2D eigenvalue weighted by Crippen LogP contribution is 2.25. The Bertz CT molecular complexity index is 132. The molecule has 2 nitrogen and oxygen atoms in total. The van der Waals surface area contributed by atoms with Crippen molar-refractivity contribution in [3.05, 3.63) is 0 Å². The Kier molecular flexibility index (Phi) is 7.94. The second-order valence-electron chi connectivity index (χ2n) is 4.74. The van der Waals surface area contributed by atoms with Crippen LogP contribution in [0.15, 0.2) is 0 Å². The van der Waals surface area contributed by atoms with Crippen LogP contribution >= 0.6 is 0 Å². The van der Waals surface area contributed by atoms with Crippen molar-refractivity contribution in [2.45, 2.75) is 51.4 Å². The van der Waals surface area contributed by atoms with E-state index >= 15 is 0 Å². The quantitative estimate of drug-likeness (QED) is 0.626. The Morgan fingerprint density at radius 2 is 1.87 bits per heavy atom. The summed E-state index contributed by atoms with van der Waals surface area (Å²) in [6.07, 6.45) is 11.2. The first kappa shape index (κ1) is 13.0. The number of ether oxygens (including phenoxy) is 1. The molecule has 1 aliphatic rings. The lowest BCUT2D eigenvalue weighted by atomic mass is 9.87. The van der Waals surface area contributed by atoms with Crippen molar-refractivity contribution in [3.8, 4) is 0 Å². The van der Waals surface area contributed by atoms with Crippen LogP contribution in [0, 0.1) is 5.92 Å². The Morgan fingerprint density at radius 3 is 2.60 bits per heavy atom. The predicted octanol–water partition coefficient (Wildman–Crippen LogP) is 2.97. The summed E-state index contributed by atoms with van der Waals surface area (Å²) in [5.74, 6) is 1.02. The average molecular weight is 213 g/mol. The molecule has 0 radical (unpaired) electrons. The molecule has 0 aromatic carbocycles.